The van der Waals surface area contributed by atoms with Gasteiger partial charge in [-0.3, -0.25) is 5.32 Å². The second-order valence-electron chi connectivity index (χ2n) is 1.98. The van der Waals surface area contributed by atoms with Gasteiger partial charge in [0.05, 0.1) is 7.11 Å². The Kier molecular flexibility index (Phi) is 2.49. The molecule has 1 rings (SSSR count). The van der Waals surface area contributed by atoms with E-state index in [0.717, 1.165) is 5.69 Å². The first kappa shape index (κ1) is 7.60. The molecule has 0 aliphatic rings. The standard InChI is InChI=1S/C8H9NO2.H2/c1-11-8(10)9-7-5-3-2-4-6-7;/h2-6H,1H3,(H,9,10);1H. The van der Waals surface area contributed by atoms with Gasteiger partial charge in [0.1, 0.15) is 0 Å². The highest BCUT2D eigenvalue weighted by molar-refractivity contribution is 5.84. The Hall–Kier alpha value is -1.51. The second-order valence-corrected chi connectivity index (χ2v) is 1.98. The molecule has 0 radical (unpaired) electrons. The predicted molar refractivity (Wildman–Crippen MR) is 44.6 cm³/mol. The molecule has 0 atom stereocenters. The van der Waals surface area contributed by atoms with Crippen molar-refractivity contribution in [1.29, 1.82) is 0 Å². The van der Waals surface area contributed by atoms with Crippen LogP contribution < -0.4 is 5.32 Å². The number of hydrogen-bond donors (Lipinski definition) is 1. The number of carbonyl (C=O) groups is 1. The van der Waals surface area contributed by atoms with E-state index in [0.29, 0.717) is 0 Å². The van der Waals surface area contributed by atoms with Gasteiger partial charge in [0.15, 0.2) is 0 Å². The highest BCUT2D eigenvalue weighted by atomic mass is 16.5. The quantitative estimate of drug-likeness (QED) is 0.671. The van der Waals surface area contributed by atoms with Crippen LogP contribution in [0.1, 0.15) is 1.43 Å². The van der Waals surface area contributed by atoms with Gasteiger partial charge in [-0.05, 0) is 12.1 Å². The first-order valence-corrected chi connectivity index (χ1v) is 3.23. The van der Waals surface area contributed by atoms with Crippen LogP contribution in [0.15, 0.2) is 30.3 Å². The van der Waals surface area contributed by atoms with Crippen molar-refractivity contribution < 1.29 is 11.0 Å². The molecule has 0 bridgehead atoms. The largest absolute Gasteiger partial charge is 0.453 e. The Morgan fingerprint density at radius 1 is 1.45 bits per heavy atom. The van der Waals surface area contributed by atoms with Crippen molar-refractivity contribution in [2.24, 2.45) is 0 Å². The fourth-order valence-corrected chi connectivity index (χ4v) is 0.690. The molecule has 3 nitrogen and oxygen atoms in total. The molecule has 0 unspecified atom stereocenters. The summed E-state index contributed by atoms with van der Waals surface area (Å²) in [5.41, 5.74) is 0.736. The zero-order valence-electron chi connectivity index (χ0n) is 6.20. The van der Waals surface area contributed by atoms with E-state index in [9.17, 15) is 4.79 Å². The monoisotopic (exact) mass is 153 g/mol. The highest BCUT2D eigenvalue weighted by Crippen LogP contribution is 2.04. The molecule has 0 heterocycles. The highest BCUT2D eigenvalue weighted by Gasteiger charge is 1.96. The third kappa shape index (κ3) is 2.29. The zero-order valence-corrected chi connectivity index (χ0v) is 6.20. The van der Waals surface area contributed by atoms with Crippen LogP contribution >= 0.6 is 0 Å². The maximum Gasteiger partial charge on any atom is 0.411 e. The molecule has 60 valence electrons. The number of rotatable bonds is 1. The van der Waals surface area contributed by atoms with Crippen LogP contribution in [0, 0.1) is 0 Å². The van der Waals surface area contributed by atoms with E-state index in [1.54, 1.807) is 12.1 Å². The van der Waals surface area contributed by atoms with Gasteiger partial charge in [-0.25, -0.2) is 4.79 Å². The SMILES string of the molecule is COC(=O)Nc1ccccc1.[HH]. The smallest absolute Gasteiger partial charge is 0.411 e. The van der Waals surface area contributed by atoms with Gasteiger partial charge in [-0.15, -0.1) is 0 Å². The summed E-state index contributed by atoms with van der Waals surface area (Å²) in [5.74, 6) is 0. The summed E-state index contributed by atoms with van der Waals surface area (Å²) in [6, 6.07) is 9.13. The molecule has 0 aliphatic carbocycles. The van der Waals surface area contributed by atoms with E-state index in [-0.39, 0.29) is 1.43 Å². The van der Waals surface area contributed by atoms with Crippen molar-refractivity contribution in [3.05, 3.63) is 30.3 Å². The summed E-state index contributed by atoms with van der Waals surface area (Å²) in [5, 5.41) is 2.53. The zero-order chi connectivity index (χ0) is 8.10. The number of carbonyl (C=O) groups excluding carboxylic acids is 1. The van der Waals surface area contributed by atoms with Gasteiger partial charge < -0.3 is 4.74 Å². The van der Waals surface area contributed by atoms with Gasteiger partial charge in [0.25, 0.3) is 0 Å². The molecule has 0 spiro atoms. The van der Waals surface area contributed by atoms with E-state index in [2.05, 4.69) is 10.1 Å². The molecule has 3 heteroatoms. The molecule has 0 aliphatic heterocycles. The molecule has 1 aromatic carbocycles. The molecule has 1 N–H and O–H groups in total. The Morgan fingerprint density at radius 2 is 2.09 bits per heavy atom. The molecule has 0 aromatic heterocycles. The second kappa shape index (κ2) is 3.61. The topological polar surface area (TPSA) is 38.3 Å². The van der Waals surface area contributed by atoms with Crippen LogP contribution in [0.25, 0.3) is 0 Å². The molecule has 11 heavy (non-hydrogen) atoms. The van der Waals surface area contributed by atoms with Gasteiger partial charge >= 0.3 is 6.09 Å². The number of hydrogen-bond acceptors (Lipinski definition) is 2. The molecule has 1 aromatic rings. The van der Waals surface area contributed by atoms with Crippen LogP contribution in [0.5, 0.6) is 0 Å². The molecular formula is C8H11NO2. The lowest BCUT2D eigenvalue weighted by atomic mass is 10.3. The lowest BCUT2D eigenvalue weighted by molar-refractivity contribution is 0.187. The molecule has 1 amide bonds. The van der Waals surface area contributed by atoms with Crippen molar-refractivity contribution in [2.45, 2.75) is 0 Å². The molecular weight excluding hydrogens is 142 g/mol. The lowest BCUT2D eigenvalue weighted by Gasteiger charge is -2.01. The van der Waals surface area contributed by atoms with E-state index >= 15 is 0 Å². The molecule has 0 saturated carbocycles. The first-order valence-electron chi connectivity index (χ1n) is 3.23. The third-order valence-corrected chi connectivity index (χ3v) is 1.21. The lowest BCUT2D eigenvalue weighted by Crippen LogP contribution is -2.10. The maximum absolute atomic E-state index is 10.6. The van der Waals surface area contributed by atoms with Crippen LogP contribution in [0.3, 0.4) is 0 Å². The average Bonchev–Trinajstić information content (AvgIpc) is 2.06. The van der Waals surface area contributed by atoms with Gasteiger partial charge in [0.2, 0.25) is 0 Å². The Balaban J connectivity index is 0.00000121. The summed E-state index contributed by atoms with van der Waals surface area (Å²) in [7, 11) is 1.33. The summed E-state index contributed by atoms with van der Waals surface area (Å²) < 4.78 is 4.40. The van der Waals surface area contributed by atoms with Crippen LogP contribution in [-0.4, -0.2) is 13.2 Å². The number of benzene rings is 1. The van der Waals surface area contributed by atoms with E-state index in [4.69, 9.17) is 0 Å². The van der Waals surface area contributed by atoms with Crippen molar-refractivity contribution >= 4 is 11.8 Å². The van der Waals surface area contributed by atoms with Gasteiger partial charge in [-0.1, -0.05) is 18.2 Å². The summed E-state index contributed by atoms with van der Waals surface area (Å²) in [4.78, 5) is 10.6. The number of anilines is 1. The fourth-order valence-electron chi connectivity index (χ4n) is 0.690. The predicted octanol–water partition coefficient (Wildman–Crippen LogP) is 2.11. The number of para-hydroxylation sites is 1. The molecule has 0 saturated heterocycles. The Labute approximate surface area is 66.5 Å². The number of amides is 1. The summed E-state index contributed by atoms with van der Waals surface area (Å²) >= 11 is 0. The fraction of sp³-hybridized carbons (Fsp3) is 0.125. The van der Waals surface area contributed by atoms with E-state index < -0.39 is 6.09 Å². The minimum atomic E-state index is -0.448. The minimum absolute atomic E-state index is 0. The number of ether oxygens (including phenoxy) is 1. The average molecular weight is 153 g/mol. The Bertz CT molecular complexity index is 238. The van der Waals surface area contributed by atoms with Crippen molar-refractivity contribution in [1.82, 2.24) is 0 Å². The number of nitrogens with one attached hydrogen (secondary N) is 1. The summed E-state index contributed by atoms with van der Waals surface area (Å²) in [6.45, 7) is 0. The third-order valence-electron chi connectivity index (χ3n) is 1.21. The van der Waals surface area contributed by atoms with Crippen molar-refractivity contribution in [3.63, 3.8) is 0 Å². The minimum Gasteiger partial charge on any atom is -0.453 e. The maximum atomic E-state index is 10.6. The van der Waals surface area contributed by atoms with Crippen LogP contribution in [0.2, 0.25) is 0 Å². The van der Waals surface area contributed by atoms with Crippen LogP contribution in [0.4, 0.5) is 10.5 Å². The van der Waals surface area contributed by atoms with E-state index in [1.807, 2.05) is 18.2 Å². The van der Waals surface area contributed by atoms with Crippen molar-refractivity contribution in [3.8, 4) is 0 Å². The van der Waals surface area contributed by atoms with E-state index in [1.165, 1.54) is 7.11 Å². The van der Waals surface area contributed by atoms with Crippen LogP contribution in [-0.2, 0) is 4.74 Å². The Morgan fingerprint density at radius 3 is 2.64 bits per heavy atom. The normalized spacial score (nSPS) is 8.82. The number of methoxy groups -OCH3 is 1. The molecule has 0 fully saturated rings. The first-order chi connectivity index (χ1) is 5.33. The summed E-state index contributed by atoms with van der Waals surface area (Å²) in [6.07, 6.45) is -0.448. The van der Waals surface area contributed by atoms with Gasteiger partial charge in [-0.2, -0.15) is 0 Å². The van der Waals surface area contributed by atoms with Gasteiger partial charge in [0, 0.05) is 7.11 Å². The van der Waals surface area contributed by atoms with Crippen molar-refractivity contribution in [2.75, 3.05) is 12.4 Å².